The molecule has 174 valence electrons. The number of benzene rings is 2. The maximum Gasteiger partial charge on any atom is 0.407 e. The fourth-order valence-corrected chi connectivity index (χ4v) is 4.20. The summed E-state index contributed by atoms with van der Waals surface area (Å²) in [5.41, 5.74) is 4.04. The summed E-state index contributed by atoms with van der Waals surface area (Å²) in [6, 6.07) is 12.2. The van der Waals surface area contributed by atoms with E-state index in [-0.39, 0.29) is 12.5 Å². The predicted molar refractivity (Wildman–Crippen MR) is 115 cm³/mol. The highest BCUT2D eigenvalue weighted by Crippen LogP contribution is 2.44. The Morgan fingerprint density at radius 2 is 1.58 bits per heavy atom. The van der Waals surface area contributed by atoms with Crippen molar-refractivity contribution in [3.63, 3.8) is 0 Å². The molecule has 0 spiro atoms. The third-order valence-electron chi connectivity index (χ3n) is 6.12. The van der Waals surface area contributed by atoms with E-state index in [4.69, 9.17) is 9.84 Å². The quantitative estimate of drug-likeness (QED) is 0.561. The van der Waals surface area contributed by atoms with Gasteiger partial charge in [0.25, 0.3) is 5.91 Å². The van der Waals surface area contributed by atoms with Gasteiger partial charge in [-0.25, -0.2) is 4.79 Å². The minimum atomic E-state index is -3.99. The number of alkyl carbamates (subject to hydrolysis) is 1. The molecule has 2 atom stereocenters. The first kappa shape index (κ1) is 22.7. The van der Waals surface area contributed by atoms with Crippen LogP contribution >= 0.6 is 0 Å². The van der Waals surface area contributed by atoms with Crippen molar-refractivity contribution in [3.05, 3.63) is 59.7 Å². The van der Waals surface area contributed by atoms with Crippen molar-refractivity contribution in [2.24, 2.45) is 5.92 Å². The molecular formula is C24H24F2N2O5. The van der Waals surface area contributed by atoms with Gasteiger partial charge in [0.05, 0.1) is 0 Å². The third kappa shape index (κ3) is 4.53. The van der Waals surface area contributed by atoms with Crippen molar-refractivity contribution >= 4 is 18.0 Å². The van der Waals surface area contributed by atoms with Gasteiger partial charge in [0.15, 0.2) is 0 Å². The monoisotopic (exact) mass is 458 g/mol. The Kier molecular flexibility index (Phi) is 6.05. The van der Waals surface area contributed by atoms with Gasteiger partial charge in [-0.1, -0.05) is 48.5 Å². The van der Waals surface area contributed by atoms with Gasteiger partial charge in [0.1, 0.15) is 18.7 Å². The number of nitrogens with one attached hydrogen (secondary N) is 2. The molecule has 2 aliphatic carbocycles. The lowest BCUT2D eigenvalue weighted by Crippen LogP contribution is -2.58. The highest BCUT2D eigenvalue weighted by molar-refractivity contribution is 5.89. The number of fused-ring (bicyclic) bond motifs is 3. The molecule has 1 unspecified atom stereocenters. The first-order valence-electron chi connectivity index (χ1n) is 10.7. The fraction of sp³-hybridized carbons (Fsp3) is 0.375. The molecule has 0 heterocycles. The van der Waals surface area contributed by atoms with Crippen molar-refractivity contribution in [2.45, 2.75) is 43.7 Å². The average molecular weight is 458 g/mol. The van der Waals surface area contributed by atoms with Crippen LogP contribution in [0.2, 0.25) is 0 Å². The van der Waals surface area contributed by atoms with Crippen LogP contribution < -0.4 is 10.6 Å². The van der Waals surface area contributed by atoms with Crippen molar-refractivity contribution in [1.82, 2.24) is 10.6 Å². The standard InChI is InChI=1S/C24H24F2N2O5/c1-13(21(29)30)27-22(31)24(25,26)20(14-10-11-14)28-23(32)33-12-19-17-8-4-2-6-15(17)16-7-3-5-9-18(16)19/h2-9,13-14,19-20H,10-12H2,1H3,(H,27,31)(H,28,32)(H,29,30)/t13-,20?/m0/s1. The normalized spacial score (nSPS) is 16.8. The number of rotatable bonds is 8. The van der Waals surface area contributed by atoms with Crippen molar-refractivity contribution < 1.29 is 33.0 Å². The second-order valence-corrected chi connectivity index (χ2v) is 8.44. The Labute approximate surface area is 189 Å². The van der Waals surface area contributed by atoms with Gasteiger partial charge in [-0.15, -0.1) is 0 Å². The molecule has 2 aliphatic rings. The molecule has 9 heteroatoms. The van der Waals surface area contributed by atoms with E-state index in [1.165, 1.54) is 0 Å². The second-order valence-electron chi connectivity index (χ2n) is 8.44. The van der Waals surface area contributed by atoms with E-state index in [0.29, 0.717) is 12.8 Å². The molecule has 4 rings (SSSR count). The average Bonchev–Trinajstić information content (AvgIpc) is 3.58. The molecule has 3 N–H and O–H groups in total. The lowest BCUT2D eigenvalue weighted by Gasteiger charge is -2.27. The van der Waals surface area contributed by atoms with Crippen LogP contribution in [-0.4, -0.2) is 47.7 Å². The minimum Gasteiger partial charge on any atom is -0.480 e. The van der Waals surface area contributed by atoms with E-state index in [2.05, 4.69) is 5.32 Å². The number of carbonyl (C=O) groups excluding carboxylic acids is 2. The summed E-state index contributed by atoms with van der Waals surface area (Å²) >= 11 is 0. The van der Waals surface area contributed by atoms with Crippen LogP contribution in [0, 0.1) is 5.92 Å². The maximum absolute atomic E-state index is 14.8. The minimum absolute atomic E-state index is 0.0505. The number of alkyl halides is 2. The predicted octanol–water partition coefficient (Wildman–Crippen LogP) is 3.53. The molecule has 0 saturated heterocycles. The van der Waals surface area contributed by atoms with E-state index < -0.39 is 41.9 Å². The Hall–Kier alpha value is -3.49. The Balaban J connectivity index is 1.43. The summed E-state index contributed by atoms with van der Waals surface area (Å²) in [5, 5.41) is 12.8. The van der Waals surface area contributed by atoms with Gasteiger partial charge in [0, 0.05) is 5.92 Å². The van der Waals surface area contributed by atoms with Crippen molar-refractivity contribution in [2.75, 3.05) is 6.61 Å². The molecule has 0 aliphatic heterocycles. The molecule has 2 amide bonds. The maximum atomic E-state index is 14.8. The number of amides is 2. The van der Waals surface area contributed by atoms with Gasteiger partial charge in [-0.2, -0.15) is 8.78 Å². The van der Waals surface area contributed by atoms with E-state index in [1.54, 1.807) is 5.32 Å². The lowest BCUT2D eigenvalue weighted by molar-refractivity contribution is -0.154. The summed E-state index contributed by atoms with van der Waals surface area (Å²) in [6.45, 7) is 1.03. The zero-order valence-electron chi connectivity index (χ0n) is 17.9. The van der Waals surface area contributed by atoms with Crippen LogP contribution in [0.25, 0.3) is 11.1 Å². The molecule has 1 saturated carbocycles. The van der Waals surface area contributed by atoms with Crippen LogP contribution in [0.15, 0.2) is 48.5 Å². The first-order valence-corrected chi connectivity index (χ1v) is 10.7. The van der Waals surface area contributed by atoms with Gasteiger partial charge >= 0.3 is 18.0 Å². The Morgan fingerprint density at radius 1 is 1.03 bits per heavy atom. The number of ether oxygens (including phenoxy) is 1. The van der Waals surface area contributed by atoms with Crippen molar-refractivity contribution in [1.29, 1.82) is 0 Å². The van der Waals surface area contributed by atoms with Crippen LogP contribution in [-0.2, 0) is 14.3 Å². The van der Waals surface area contributed by atoms with Crippen LogP contribution in [0.1, 0.15) is 36.8 Å². The molecule has 0 bridgehead atoms. The first-order chi connectivity index (χ1) is 15.7. The number of carboxylic acid groups (broad SMARTS) is 1. The molecular weight excluding hydrogens is 434 g/mol. The fourth-order valence-electron chi connectivity index (χ4n) is 4.20. The number of hydrogen-bond acceptors (Lipinski definition) is 4. The van der Waals surface area contributed by atoms with E-state index in [1.807, 2.05) is 48.5 Å². The number of aliphatic carboxylic acids is 1. The third-order valence-corrected chi connectivity index (χ3v) is 6.12. The molecule has 2 aromatic carbocycles. The lowest BCUT2D eigenvalue weighted by atomic mass is 9.98. The topological polar surface area (TPSA) is 105 Å². The largest absolute Gasteiger partial charge is 0.480 e. The van der Waals surface area contributed by atoms with Gasteiger partial charge in [-0.3, -0.25) is 9.59 Å². The summed E-state index contributed by atoms with van der Waals surface area (Å²) in [5.74, 6) is -8.00. The van der Waals surface area contributed by atoms with Crippen molar-refractivity contribution in [3.8, 4) is 11.1 Å². The molecule has 0 aromatic heterocycles. The number of hydrogen-bond donors (Lipinski definition) is 3. The summed E-state index contributed by atoms with van der Waals surface area (Å²) in [4.78, 5) is 35.4. The van der Waals surface area contributed by atoms with E-state index in [9.17, 15) is 23.2 Å². The van der Waals surface area contributed by atoms with Crippen LogP contribution in [0.3, 0.4) is 0 Å². The van der Waals surface area contributed by atoms with E-state index in [0.717, 1.165) is 29.2 Å². The molecule has 2 aromatic rings. The van der Waals surface area contributed by atoms with Gasteiger partial charge in [-0.05, 0) is 47.9 Å². The second kappa shape index (κ2) is 8.80. The Morgan fingerprint density at radius 3 is 2.09 bits per heavy atom. The molecule has 1 fully saturated rings. The van der Waals surface area contributed by atoms with E-state index >= 15 is 0 Å². The molecule has 33 heavy (non-hydrogen) atoms. The van der Waals surface area contributed by atoms with Crippen LogP contribution in [0.4, 0.5) is 13.6 Å². The molecule has 0 radical (unpaired) electrons. The van der Waals surface area contributed by atoms with Gasteiger partial charge in [0.2, 0.25) is 0 Å². The highest BCUT2D eigenvalue weighted by Gasteiger charge is 2.55. The number of halogens is 2. The summed E-state index contributed by atoms with van der Waals surface area (Å²) in [6.07, 6.45) is -0.204. The van der Waals surface area contributed by atoms with Gasteiger partial charge < -0.3 is 20.5 Å². The number of carbonyl (C=O) groups is 3. The Bertz CT molecular complexity index is 1040. The summed E-state index contributed by atoms with van der Waals surface area (Å²) < 4.78 is 35.0. The number of carboxylic acids is 1. The zero-order chi connectivity index (χ0) is 23.8. The highest BCUT2D eigenvalue weighted by atomic mass is 19.3. The smallest absolute Gasteiger partial charge is 0.407 e. The van der Waals surface area contributed by atoms with Crippen LogP contribution in [0.5, 0.6) is 0 Å². The zero-order valence-corrected chi connectivity index (χ0v) is 17.9. The molecule has 7 nitrogen and oxygen atoms in total. The summed E-state index contributed by atoms with van der Waals surface area (Å²) in [7, 11) is 0. The SMILES string of the molecule is C[C@H](NC(=O)C(F)(F)C(NC(=O)OCC1c2ccccc2-c2ccccc21)C1CC1)C(=O)O.